The number of hydrogen-bond acceptors (Lipinski definition) is 3. The van der Waals surface area contributed by atoms with Gasteiger partial charge in [-0.15, -0.1) is 0 Å². The SMILES string of the molecule is Cc1ccc(/C=N/NC(=O)CNc2cccc3ccccc23)cc1Br. The smallest absolute Gasteiger partial charge is 0.259 e. The summed E-state index contributed by atoms with van der Waals surface area (Å²) in [5.74, 6) is -0.199. The molecular formula is C20H18BrN3O. The molecule has 4 nitrogen and oxygen atoms in total. The molecule has 0 aliphatic rings. The van der Waals surface area contributed by atoms with E-state index >= 15 is 0 Å². The van der Waals surface area contributed by atoms with Crippen LogP contribution in [0.3, 0.4) is 0 Å². The van der Waals surface area contributed by atoms with E-state index in [4.69, 9.17) is 0 Å². The number of aryl methyl sites for hydroxylation is 1. The van der Waals surface area contributed by atoms with Crippen LogP contribution in [0.2, 0.25) is 0 Å². The van der Waals surface area contributed by atoms with E-state index in [9.17, 15) is 4.79 Å². The quantitative estimate of drug-likeness (QED) is 0.494. The molecule has 0 radical (unpaired) electrons. The topological polar surface area (TPSA) is 53.5 Å². The normalized spacial score (nSPS) is 11.0. The fraction of sp³-hybridized carbons (Fsp3) is 0.100. The maximum absolute atomic E-state index is 12.0. The number of nitrogens with one attached hydrogen (secondary N) is 2. The summed E-state index contributed by atoms with van der Waals surface area (Å²) in [7, 11) is 0. The van der Waals surface area contributed by atoms with Crippen LogP contribution >= 0.6 is 15.9 Å². The summed E-state index contributed by atoms with van der Waals surface area (Å²) in [5, 5.41) is 9.38. The van der Waals surface area contributed by atoms with Gasteiger partial charge in [0.05, 0.1) is 12.8 Å². The van der Waals surface area contributed by atoms with Crippen molar-refractivity contribution < 1.29 is 4.79 Å². The van der Waals surface area contributed by atoms with E-state index in [-0.39, 0.29) is 12.5 Å². The summed E-state index contributed by atoms with van der Waals surface area (Å²) in [6.07, 6.45) is 1.63. The minimum atomic E-state index is -0.199. The summed E-state index contributed by atoms with van der Waals surface area (Å²) in [4.78, 5) is 12.0. The average Bonchev–Trinajstić information content (AvgIpc) is 2.63. The Morgan fingerprint density at radius 3 is 2.76 bits per heavy atom. The summed E-state index contributed by atoms with van der Waals surface area (Å²) in [6, 6.07) is 19.9. The van der Waals surface area contributed by atoms with Crippen LogP contribution < -0.4 is 10.7 Å². The molecule has 0 saturated carbocycles. The van der Waals surface area contributed by atoms with E-state index in [0.29, 0.717) is 0 Å². The van der Waals surface area contributed by atoms with Gasteiger partial charge < -0.3 is 5.32 Å². The Morgan fingerprint density at radius 2 is 1.92 bits per heavy atom. The molecule has 0 saturated heterocycles. The van der Waals surface area contributed by atoms with Crippen molar-refractivity contribution in [3.05, 3.63) is 76.3 Å². The first-order valence-corrected chi connectivity index (χ1v) is 8.72. The molecular weight excluding hydrogens is 378 g/mol. The first-order valence-electron chi connectivity index (χ1n) is 7.93. The van der Waals surface area contributed by atoms with Gasteiger partial charge in [0.15, 0.2) is 0 Å². The molecule has 3 rings (SSSR count). The highest BCUT2D eigenvalue weighted by molar-refractivity contribution is 9.10. The van der Waals surface area contributed by atoms with Crippen LogP contribution in [0.4, 0.5) is 5.69 Å². The lowest BCUT2D eigenvalue weighted by Crippen LogP contribution is -2.25. The molecule has 0 unspecified atom stereocenters. The highest BCUT2D eigenvalue weighted by Gasteiger charge is 2.03. The number of nitrogens with zero attached hydrogens (tertiary/aromatic N) is 1. The van der Waals surface area contributed by atoms with Crippen molar-refractivity contribution in [2.75, 3.05) is 11.9 Å². The van der Waals surface area contributed by atoms with Gasteiger partial charge in [-0.1, -0.05) is 64.5 Å². The van der Waals surface area contributed by atoms with E-state index < -0.39 is 0 Å². The number of anilines is 1. The zero-order valence-electron chi connectivity index (χ0n) is 13.8. The van der Waals surface area contributed by atoms with Crippen LogP contribution in [-0.2, 0) is 4.79 Å². The van der Waals surface area contributed by atoms with Crippen molar-refractivity contribution >= 4 is 44.5 Å². The Bertz CT molecular complexity index is 932. The fourth-order valence-corrected chi connectivity index (χ4v) is 2.86. The molecule has 0 atom stereocenters. The Morgan fingerprint density at radius 1 is 1.12 bits per heavy atom. The number of amides is 1. The molecule has 0 aliphatic carbocycles. The predicted octanol–water partition coefficient (Wildman–Crippen LogP) is 4.47. The molecule has 0 spiro atoms. The average molecular weight is 396 g/mol. The van der Waals surface area contributed by atoms with E-state index in [2.05, 4.69) is 31.8 Å². The van der Waals surface area contributed by atoms with Gasteiger partial charge in [-0.3, -0.25) is 4.79 Å². The molecule has 25 heavy (non-hydrogen) atoms. The van der Waals surface area contributed by atoms with Crippen molar-refractivity contribution in [3.8, 4) is 0 Å². The van der Waals surface area contributed by atoms with E-state index in [0.717, 1.165) is 32.1 Å². The number of halogens is 1. The third kappa shape index (κ3) is 4.45. The van der Waals surface area contributed by atoms with Crippen LogP contribution in [0.15, 0.2) is 70.2 Å². The Balaban J connectivity index is 1.57. The minimum absolute atomic E-state index is 0.156. The highest BCUT2D eigenvalue weighted by Crippen LogP contribution is 2.22. The molecule has 126 valence electrons. The number of hydrogen-bond donors (Lipinski definition) is 2. The van der Waals surface area contributed by atoms with E-state index in [1.807, 2.05) is 67.6 Å². The fourth-order valence-electron chi connectivity index (χ4n) is 2.46. The summed E-state index contributed by atoms with van der Waals surface area (Å²) < 4.78 is 1.01. The Hall–Kier alpha value is -2.66. The monoisotopic (exact) mass is 395 g/mol. The number of fused-ring (bicyclic) bond motifs is 1. The minimum Gasteiger partial charge on any atom is -0.376 e. The zero-order valence-corrected chi connectivity index (χ0v) is 15.4. The van der Waals surface area contributed by atoms with Crippen molar-refractivity contribution in [2.24, 2.45) is 5.10 Å². The van der Waals surface area contributed by atoms with Gasteiger partial charge >= 0.3 is 0 Å². The van der Waals surface area contributed by atoms with Gasteiger partial charge in [-0.2, -0.15) is 5.10 Å². The molecule has 0 aromatic heterocycles. The lowest BCUT2D eigenvalue weighted by molar-refractivity contribution is -0.119. The van der Waals surface area contributed by atoms with Gasteiger partial charge in [-0.25, -0.2) is 5.43 Å². The van der Waals surface area contributed by atoms with Crippen LogP contribution in [0, 0.1) is 6.92 Å². The third-order valence-electron chi connectivity index (χ3n) is 3.83. The number of carbonyl (C=O) groups excluding carboxylic acids is 1. The highest BCUT2D eigenvalue weighted by atomic mass is 79.9. The number of carbonyl (C=O) groups is 1. The standard InChI is InChI=1S/C20H18BrN3O/c1-14-9-10-15(11-18(14)21)12-23-24-20(25)13-22-19-8-4-6-16-5-2-3-7-17(16)19/h2-12,22H,13H2,1H3,(H,24,25)/b23-12+. The molecule has 3 aromatic rings. The van der Waals surface area contributed by atoms with Crippen LogP contribution in [0.5, 0.6) is 0 Å². The second kappa shape index (κ2) is 7.94. The molecule has 5 heteroatoms. The third-order valence-corrected chi connectivity index (χ3v) is 4.68. The molecule has 2 N–H and O–H groups in total. The van der Waals surface area contributed by atoms with E-state index in [1.165, 1.54) is 0 Å². The maximum atomic E-state index is 12.0. The lowest BCUT2D eigenvalue weighted by Gasteiger charge is -2.08. The van der Waals surface area contributed by atoms with Gasteiger partial charge in [0.2, 0.25) is 0 Å². The number of hydrazone groups is 1. The molecule has 1 amide bonds. The molecule has 3 aromatic carbocycles. The summed E-state index contributed by atoms with van der Waals surface area (Å²) >= 11 is 3.48. The van der Waals surface area contributed by atoms with Crippen LogP contribution in [0.1, 0.15) is 11.1 Å². The van der Waals surface area contributed by atoms with Gasteiger partial charge in [0, 0.05) is 15.5 Å². The Labute approximate surface area is 155 Å². The van der Waals surface area contributed by atoms with Gasteiger partial charge in [0.25, 0.3) is 5.91 Å². The second-order valence-electron chi connectivity index (χ2n) is 5.68. The summed E-state index contributed by atoms with van der Waals surface area (Å²) in [5.41, 5.74) is 5.54. The molecule has 0 fully saturated rings. The van der Waals surface area contributed by atoms with Crippen LogP contribution in [0.25, 0.3) is 10.8 Å². The van der Waals surface area contributed by atoms with Crippen LogP contribution in [-0.4, -0.2) is 18.7 Å². The largest absolute Gasteiger partial charge is 0.376 e. The second-order valence-corrected chi connectivity index (χ2v) is 6.54. The number of rotatable bonds is 5. The first-order chi connectivity index (χ1) is 12.1. The maximum Gasteiger partial charge on any atom is 0.259 e. The lowest BCUT2D eigenvalue weighted by atomic mass is 10.1. The van der Waals surface area contributed by atoms with Crippen molar-refractivity contribution in [3.63, 3.8) is 0 Å². The predicted molar refractivity (Wildman–Crippen MR) is 107 cm³/mol. The van der Waals surface area contributed by atoms with Crippen molar-refractivity contribution in [1.82, 2.24) is 5.43 Å². The molecule has 0 heterocycles. The zero-order chi connectivity index (χ0) is 17.6. The van der Waals surface area contributed by atoms with Crippen molar-refractivity contribution in [1.29, 1.82) is 0 Å². The molecule has 0 bridgehead atoms. The van der Waals surface area contributed by atoms with Crippen molar-refractivity contribution in [2.45, 2.75) is 6.92 Å². The molecule has 0 aliphatic heterocycles. The van der Waals surface area contributed by atoms with E-state index in [1.54, 1.807) is 6.21 Å². The van der Waals surface area contributed by atoms with Gasteiger partial charge in [-0.05, 0) is 35.6 Å². The number of benzene rings is 3. The summed E-state index contributed by atoms with van der Waals surface area (Å²) in [6.45, 7) is 2.18. The Kier molecular flexibility index (Phi) is 5.46. The first kappa shape index (κ1) is 17.2. The van der Waals surface area contributed by atoms with Gasteiger partial charge in [0.1, 0.15) is 0 Å².